The molecule has 0 fully saturated rings. The second kappa shape index (κ2) is 5.66. The molecule has 1 amide bonds. The molecule has 4 nitrogen and oxygen atoms in total. The van der Waals surface area contributed by atoms with E-state index in [4.69, 9.17) is 10.5 Å². The molecular formula is C12H10FNO3. The SMILES string of the molecule is CCOC(=O)c1ccc(F)cc1C#CC(N)=O. The number of ether oxygens (including phenoxy) is 1. The Morgan fingerprint density at radius 1 is 1.47 bits per heavy atom. The molecular weight excluding hydrogens is 225 g/mol. The Hall–Kier alpha value is -2.35. The van der Waals surface area contributed by atoms with Crippen molar-refractivity contribution < 1.29 is 18.7 Å². The third kappa shape index (κ3) is 3.61. The van der Waals surface area contributed by atoms with Crippen molar-refractivity contribution in [3.63, 3.8) is 0 Å². The summed E-state index contributed by atoms with van der Waals surface area (Å²) in [5.74, 6) is 2.32. The van der Waals surface area contributed by atoms with Crippen LogP contribution in [0, 0.1) is 17.7 Å². The fraction of sp³-hybridized carbons (Fsp3) is 0.167. The van der Waals surface area contributed by atoms with Gasteiger partial charge < -0.3 is 10.5 Å². The highest BCUT2D eigenvalue weighted by atomic mass is 19.1. The van der Waals surface area contributed by atoms with Gasteiger partial charge in [0.1, 0.15) is 5.82 Å². The molecule has 17 heavy (non-hydrogen) atoms. The highest BCUT2D eigenvalue weighted by Gasteiger charge is 2.11. The van der Waals surface area contributed by atoms with Crippen LogP contribution in [0.1, 0.15) is 22.8 Å². The van der Waals surface area contributed by atoms with E-state index in [2.05, 4.69) is 5.92 Å². The predicted octanol–water partition coefficient (Wildman–Crippen LogP) is 0.839. The minimum absolute atomic E-state index is 0.0715. The molecule has 2 N–H and O–H groups in total. The summed E-state index contributed by atoms with van der Waals surface area (Å²) in [5, 5.41) is 0. The summed E-state index contributed by atoms with van der Waals surface area (Å²) < 4.78 is 17.8. The molecule has 1 rings (SSSR count). The molecule has 0 bridgehead atoms. The van der Waals surface area contributed by atoms with Gasteiger partial charge in [0, 0.05) is 11.5 Å². The van der Waals surface area contributed by atoms with E-state index < -0.39 is 17.7 Å². The quantitative estimate of drug-likeness (QED) is 0.610. The number of carbonyl (C=O) groups is 2. The molecule has 1 aromatic rings. The van der Waals surface area contributed by atoms with Crippen LogP contribution < -0.4 is 5.73 Å². The first kappa shape index (κ1) is 12.7. The number of rotatable bonds is 2. The number of amides is 1. The topological polar surface area (TPSA) is 69.4 Å². The minimum Gasteiger partial charge on any atom is -0.462 e. The van der Waals surface area contributed by atoms with E-state index in [-0.39, 0.29) is 17.7 Å². The van der Waals surface area contributed by atoms with Crippen LogP contribution in [0.25, 0.3) is 0 Å². The molecule has 0 atom stereocenters. The van der Waals surface area contributed by atoms with Gasteiger partial charge in [0.05, 0.1) is 12.2 Å². The largest absolute Gasteiger partial charge is 0.462 e. The zero-order valence-corrected chi connectivity index (χ0v) is 9.12. The normalized spacial score (nSPS) is 9.06. The fourth-order valence-corrected chi connectivity index (χ4v) is 1.14. The first-order chi connectivity index (χ1) is 8.04. The lowest BCUT2D eigenvalue weighted by atomic mass is 10.1. The number of hydrogen-bond acceptors (Lipinski definition) is 3. The number of nitrogens with two attached hydrogens (primary N) is 1. The van der Waals surface area contributed by atoms with Gasteiger partial charge in [0.2, 0.25) is 0 Å². The van der Waals surface area contributed by atoms with Gasteiger partial charge in [0.25, 0.3) is 5.91 Å². The Morgan fingerprint density at radius 3 is 2.76 bits per heavy atom. The first-order valence-corrected chi connectivity index (χ1v) is 4.82. The Kier molecular flexibility index (Phi) is 4.23. The van der Waals surface area contributed by atoms with Gasteiger partial charge in [-0.2, -0.15) is 0 Å². The van der Waals surface area contributed by atoms with Crippen LogP contribution in [0.3, 0.4) is 0 Å². The number of esters is 1. The van der Waals surface area contributed by atoms with E-state index in [0.717, 1.165) is 12.1 Å². The van der Waals surface area contributed by atoms with Crippen molar-refractivity contribution in [3.05, 3.63) is 35.1 Å². The van der Waals surface area contributed by atoms with Crippen molar-refractivity contribution in [1.82, 2.24) is 0 Å². The molecule has 0 aliphatic rings. The van der Waals surface area contributed by atoms with Crippen molar-refractivity contribution in [3.8, 4) is 11.8 Å². The van der Waals surface area contributed by atoms with Crippen molar-refractivity contribution in [2.45, 2.75) is 6.92 Å². The number of primary amides is 1. The van der Waals surface area contributed by atoms with E-state index >= 15 is 0 Å². The van der Waals surface area contributed by atoms with E-state index in [0.29, 0.717) is 0 Å². The Morgan fingerprint density at radius 2 is 2.18 bits per heavy atom. The summed E-state index contributed by atoms with van der Waals surface area (Å²) in [6, 6.07) is 3.40. The lowest BCUT2D eigenvalue weighted by Crippen LogP contribution is -2.09. The maximum atomic E-state index is 13.0. The summed E-state index contributed by atoms with van der Waals surface area (Å²) in [7, 11) is 0. The Balaban J connectivity index is 3.18. The summed E-state index contributed by atoms with van der Waals surface area (Å²) in [4.78, 5) is 22.0. The summed E-state index contributed by atoms with van der Waals surface area (Å²) >= 11 is 0. The van der Waals surface area contributed by atoms with Crippen molar-refractivity contribution >= 4 is 11.9 Å². The van der Waals surface area contributed by atoms with Crippen molar-refractivity contribution in [1.29, 1.82) is 0 Å². The monoisotopic (exact) mass is 235 g/mol. The van der Waals surface area contributed by atoms with Crippen LogP contribution >= 0.6 is 0 Å². The van der Waals surface area contributed by atoms with Gasteiger partial charge in [-0.15, -0.1) is 0 Å². The second-order valence-electron chi connectivity index (χ2n) is 3.02. The first-order valence-electron chi connectivity index (χ1n) is 4.82. The summed E-state index contributed by atoms with van der Waals surface area (Å²) in [6.45, 7) is 1.84. The van der Waals surface area contributed by atoms with Gasteiger partial charge in [-0.05, 0) is 25.1 Å². The van der Waals surface area contributed by atoms with Crippen LogP contribution in [0.15, 0.2) is 18.2 Å². The molecule has 0 saturated carbocycles. The maximum absolute atomic E-state index is 13.0. The molecule has 88 valence electrons. The molecule has 0 aromatic heterocycles. The van der Waals surface area contributed by atoms with Crippen LogP contribution in [-0.4, -0.2) is 18.5 Å². The van der Waals surface area contributed by atoms with Crippen molar-refractivity contribution in [2.24, 2.45) is 5.73 Å². The number of carbonyl (C=O) groups excluding carboxylic acids is 2. The molecule has 0 heterocycles. The lowest BCUT2D eigenvalue weighted by molar-refractivity contribution is -0.112. The molecule has 1 aromatic carbocycles. The van der Waals surface area contributed by atoms with E-state index in [1.165, 1.54) is 6.07 Å². The third-order valence-corrected chi connectivity index (χ3v) is 1.80. The van der Waals surface area contributed by atoms with Crippen LogP contribution in [0.4, 0.5) is 4.39 Å². The standard InChI is InChI=1S/C12H10FNO3/c1-2-17-12(16)10-5-4-9(13)7-8(10)3-6-11(14)15/h4-5,7H,2H2,1H3,(H2,14,15). The van der Waals surface area contributed by atoms with Gasteiger partial charge >= 0.3 is 5.97 Å². The smallest absolute Gasteiger partial charge is 0.339 e. The molecule has 0 aliphatic heterocycles. The minimum atomic E-state index is -0.857. The maximum Gasteiger partial charge on any atom is 0.339 e. The van der Waals surface area contributed by atoms with E-state index in [1.807, 2.05) is 5.92 Å². The van der Waals surface area contributed by atoms with E-state index in [9.17, 15) is 14.0 Å². The van der Waals surface area contributed by atoms with Gasteiger partial charge in [-0.1, -0.05) is 5.92 Å². The average Bonchev–Trinajstić information content (AvgIpc) is 2.26. The zero-order valence-electron chi connectivity index (χ0n) is 9.12. The number of hydrogen-bond donors (Lipinski definition) is 1. The van der Waals surface area contributed by atoms with Crippen LogP contribution in [0.2, 0.25) is 0 Å². The fourth-order valence-electron chi connectivity index (χ4n) is 1.14. The third-order valence-electron chi connectivity index (χ3n) is 1.80. The highest BCUT2D eigenvalue weighted by molar-refractivity contribution is 5.95. The lowest BCUT2D eigenvalue weighted by Gasteiger charge is -2.04. The molecule has 0 saturated heterocycles. The molecule has 0 radical (unpaired) electrons. The van der Waals surface area contributed by atoms with Gasteiger partial charge in [0.15, 0.2) is 0 Å². The number of benzene rings is 1. The summed E-state index contributed by atoms with van der Waals surface area (Å²) in [5.41, 5.74) is 5.01. The van der Waals surface area contributed by atoms with Crippen LogP contribution in [-0.2, 0) is 9.53 Å². The zero-order chi connectivity index (χ0) is 12.8. The summed E-state index contributed by atoms with van der Waals surface area (Å²) in [6.07, 6.45) is 0. The van der Waals surface area contributed by atoms with Crippen LogP contribution in [0.5, 0.6) is 0 Å². The van der Waals surface area contributed by atoms with Gasteiger partial charge in [-0.3, -0.25) is 4.79 Å². The Labute approximate surface area is 97.6 Å². The van der Waals surface area contributed by atoms with E-state index in [1.54, 1.807) is 6.92 Å². The van der Waals surface area contributed by atoms with Crippen molar-refractivity contribution in [2.75, 3.05) is 6.61 Å². The number of halogens is 1. The van der Waals surface area contributed by atoms with Gasteiger partial charge in [-0.25, -0.2) is 9.18 Å². The molecule has 0 unspecified atom stereocenters. The Bertz CT molecular complexity index is 514. The molecule has 0 spiro atoms. The highest BCUT2D eigenvalue weighted by Crippen LogP contribution is 2.11. The molecule has 0 aliphatic carbocycles. The molecule has 5 heteroatoms. The predicted molar refractivity (Wildman–Crippen MR) is 58.4 cm³/mol. The second-order valence-corrected chi connectivity index (χ2v) is 3.02. The average molecular weight is 235 g/mol.